The van der Waals surface area contributed by atoms with Gasteiger partial charge in [-0.05, 0) is 48.7 Å². The van der Waals surface area contributed by atoms with E-state index in [4.69, 9.17) is 0 Å². The molecular weight excluding hydrogens is 272 g/mol. The number of carbonyl (C=O) groups excluding carboxylic acids is 1. The van der Waals surface area contributed by atoms with E-state index in [1.54, 1.807) is 6.08 Å². The van der Waals surface area contributed by atoms with Crippen LogP contribution in [0.3, 0.4) is 0 Å². The zero-order valence-electron chi connectivity index (χ0n) is 12.5. The van der Waals surface area contributed by atoms with Crippen molar-refractivity contribution in [3.63, 3.8) is 0 Å². The molecule has 1 fully saturated rings. The van der Waals surface area contributed by atoms with Crippen LogP contribution in [0.5, 0.6) is 0 Å². The van der Waals surface area contributed by atoms with Gasteiger partial charge in [-0.25, -0.2) is 0 Å². The molecule has 1 heterocycles. The maximum absolute atomic E-state index is 11.9. The van der Waals surface area contributed by atoms with Gasteiger partial charge >= 0.3 is 0 Å². The average Bonchev–Trinajstić information content (AvgIpc) is 3.09. The maximum atomic E-state index is 11.9. The van der Waals surface area contributed by atoms with E-state index in [9.17, 15) is 4.79 Å². The van der Waals surface area contributed by atoms with E-state index >= 15 is 0 Å². The summed E-state index contributed by atoms with van der Waals surface area (Å²) in [6.45, 7) is 2.26. The highest BCUT2D eigenvalue weighted by Crippen LogP contribution is 2.22. The molecule has 3 heteroatoms. The summed E-state index contributed by atoms with van der Waals surface area (Å²) in [4.78, 5) is 14.3. The minimum atomic E-state index is -0.113. The van der Waals surface area contributed by atoms with Gasteiger partial charge in [-0.15, -0.1) is 0 Å². The molecule has 1 saturated heterocycles. The number of carbonyl (C=O) groups is 1. The second-order valence-corrected chi connectivity index (χ2v) is 5.47. The fourth-order valence-electron chi connectivity index (χ4n) is 2.65. The molecule has 1 aliphatic heterocycles. The Kier molecular flexibility index (Phi) is 4.54. The predicted octanol–water partition coefficient (Wildman–Crippen LogP) is 3.94. The summed E-state index contributed by atoms with van der Waals surface area (Å²) in [5, 5.41) is 2.89. The van der Waals surface area contributed by atoms with Crippen molar-refractivity contribution in [3.05, 3.63) is 66.2 Å². The van der Waals surface area contributed by atoms with Crippen molar-refractivity contribution in [3.8, 4) is 0 Å². The van der Waals surface area contributed by atoms with Gasteiger partial charge < -0.3 is 10.2 Å². The Morgan fingerprint density at radius 1 is 0.955 bits per heavy atom. The molecule has 1 aliphatic rings. The molecule has 0 bridgehead atoms. The number of anilines is 2. The quantitative estimate of drug-likeness (QED) is 0.866. The average molecular weight is 292 g/mol. The summed E-state index contributed by atoms with van der Waals surface area (Å²) in [6.07, 6.45) is 5.91. The van der Waals surface area contributed by atoms with Crippen LogP contribution in [0.1, 0.15) is 18.4 Å². The summed E-state index contributed by atoms with van der Waals surface area (Å²) in [5.74, 6) is -0.113. The minimum absolute atomic E-state index is 0.113. The lowest BCUT2D eigenvalue weighted by Crippen LogP contribution is -2.17. The SMILES string of the molecule is O=C(/C=C/c1ccccc1)Nc1ccc(N2CCCC2)cc1. The lowest BCUT2D eigenvalue weighted by atomic mass is 10.2. The summed E-state index contributed by atoms with van der Waals surface area (Å²) in [6, 6.07) is 17.9. The van der Waals surface area contributed by atoms with Gasteiger partial charge in [0.25, 0.3) is 0 Å². The van der Waals surface area contributed by atoms with E-state index in [0.29, 0.717) is 0 Å². The van der Waals surface area contributed by atoms with Gasteiger partial charge in [0.1, 0.15) is 0 Å². The number of nitrogens with one attached hydrogen (secondary N) is 1. The first-order valence-corrected chi connectivity index (χ1v) is 7.70. The zero-order chi connectivity index (χ0) is 15.2. The molecule has 1 amide bonds. The molecule has 3 nitrogen and oxygen atoms in total. The van der Waals surface area contributed by atoms with Crippen LogP contribution in [0.4, 0.5) is 11.4 Å². The lowest BCUT2D eigenvalue weighted by Gasteiger charge is -2.17. The van der Waals surface area contributed by atoms with Crippen LogP contribution < -0.4 is 10.2 Å². The van der Waals surface area contributed by atoms with Gasteiger partial charge in [0.15, 0.2) is 0 Å². The third-order valence-corrected chi connectivity index (χ3v) is 3.83. The number of benzene rings is 2. The fourth-order valence-corrected chi connectivity index (χ4v) is 2.65. The van der Waals surface area contributed by atoms with Crippen molar-refractivity contribution in [2.75, 3.05) is 23.3 Å². The second kappa shape index (κ2) is 6.94. The van der Waals surface area contributed by atoms with Crippen LogP contribution in [-0.4, -0.2) is 19.0 Å². The van der Waals surface area contributed by atoms with Crippen molar-refractivity contribution in [2.45, 2.75) is 12.8 Å². The normalized spacial score (nSPS) is 14.5. The smallest absolute Gasteiger partial charge is 0.248 e. The highest BCUT2D eigenvalue weighted by Gasteiger charge is 2.11. The molecule has 22 heavy (non-hydrogen) atoms. The molecule has 0 spiro atoms. The number of hydrogen-bond donors (Lipinski definition) is 1. The molecule has 2 aromatic carbocycles. The molecule has 1 N–H and O–H groups in total. The monoisotopic (exact) mass is 292 g/mol. The third kappa shape index (κ3) is 3.76. The van der Waals surface area contributed by atoms with Crippen molar-refractivity contribution in [2.24, 2.45) is 0 Å². The largest absolute Gasteiger partial charge is 0.372 e. The number of rotatable bonds is 4. The Bertz CT molecular complexity index is 641. The van der Waals surface area contributed by atoms with Gasteiger partial charge in [-0.2, -0.15) is 0 Å². The summed E-state index contributed by atoms with van der Waals surface area (Å²) < 4.78 is 0. The molecule has 3 rings (SSSR count). The van der Waals surface area contributed by atoms with E-state index in [-0.39, 0.29) is 5.91 Å². The van der Waals surface area contributed by atoms with Crippen LogP contribution in [0.2, 0.25) is 0 Å². The van der Waals surface area contributed by atoms with Crippen molar-refractivity contribution < 1.29 is 4.79 Å². The summed E-state index contributed by atoms with van der Waals surface area (Å²) in [5.41, 5.74) is 3.07. The van der Waals surface area contributed by atoms with E-state index in [0.717, 1.165) is 24.3 Å². The second-order valence-electron chi connectivity index (χ2n) is 5.47. The Hall–Kier alpha value is -2.55. The van der Waals surface area contributed by atoms with Gasteiger partial charge in [0.2, 0.25) is 5.91 Å². The summed E-state index contributed by atoms with van der Waals surface area (Å²) >= 11 is 0. The molecule has 0 atom stereocenters. The molecule has 0 aliphatic carbocycles. The van der Waals surface area contributed by atoms with Crippen LogP contribution >= 0.6 is 0 Å². The van der Waals surface area contributed by atoms with Gasteiger partial charge in [0.05, 0.1) is 0 Å². The Morgan fingerprint density at radius 2 is 1.64 bits per heavy atom. The van der Waals surface area contributed by atoms with Gasteiger partial charge in [0, 0.05) is 30.5 Å². The highest BCUT2D eigenvalue weighted by atomic mass is 16.1. The van der Waals surface area contributed by atoms with Crippen molar-refractivity contribution >= 4 is 23.4 Å². The molecule has 112 valence electrons. The minimum Gasteiger partial charge on any atom is -0.372 e. The van der Waals surface area contributed by atoms with Gasteiger partial charge in [-0.1, -0.05) is 30.3 Å². The van der Waals surface area contributed by atoms with Crippen molar-refractivity contribution in [1.29, 1.82) is 0 Å². The highest BCUT2D eigenvalue weighted by molar-refractivity contribution is 6.02. The van der Waals surface area contributed by atoms with Gasteiger partial charge in [-0.3, -0.25) is 4.79 Å². The van der Waals surface area contributed by atoms with E-state index in [2.05, 4.69) is 22.3 Å². The van der Waals surface area contributed by atoms with E-state index < -0.39 is 0 Å². The lowest BCUT2D eigenvalue weighted by molar-refractivity contribution is -0.111. The number of amides is 1. The fraction of sp³-hybridized carbons (Fsp3) is 0.211. The molecular formula is C19H20N2O. The third-order valence-electron chi connectivity index (χ3n) is 3.83. The molecule has 0 saturated carbocycles. The van der Waals surface area contributed by atoms with Crippen LogP contribution in [0.25, 0.3) is 6.08 Å². The van der Waals surface area contributed by atoms with Crippen LogP contribution in [0, 0.1) is 0 Å². The Morgan fingerprint density at radius 3 is 2.32 bits per heavy atom. The number of nitrogens with zero attached hydrogens (tertiary/aromatic N) is 1. The predicted molar refractivity (Wildman–Crippen MR) is 92.0 cm³/mol. The van der Waals surface area contributed by atoms with Crippen LogP contribution in [-0.2, 0) is 4.79 Å². The summed E-state index contributed by atoms with van der Waals surface area (Å²) in [7, 11) is 0. The Labute approximate surface area is 131 Å². The molecule has 0 unspecified atom stereocenters. The van der Waals surface area contributed by atoms with Crippen molar-refractivity contribution in [1.82, 2.24) is 0 Å². The zero-order valence-corrected chi connectivity index (χ0v) is 12.5. The molecule has 2 aromatic rings. The first-order chi connectivity index (χ1) is 10.8. The van der Waals surface area contributed by atoms with Crippen LogP contribution in [0.15, 0.2) is 60.7 Å². The molecule has 0 aromatic heterocycles. The molecule has 0 radical (unpaired) electrons. The standard InChI is InChI=1S/C19H20N2O/c22-19(13-8-16-6-2-1-3-7-16)20-17-9-11-18(12-10-17)21-14-4-5-15-21/h1-3,6-13H,4-5,14-15H2,(H,20,22)/b13-8+. The van der Waals surface area contributed by atoms with E-state index in [1.165, 1.54) is 18.5 Å². The topological polar surface area (TPSA) is 32.3 Å². The maximum Gasteiger partial charge on any atom is 0.248 e. The first kappa shape index (κ1) is 14.4. The number of hydrogen-bond acceptors (Lipinski definition) is 2. The Balaban J connectivity index is 1.58. The first-order valence-electron chi connectivity index (χ1n) is 7.70. The van der Waals surface area contributed by atoms with E-state index in [1.807, 2.05) is 48.5 Å².